The molecule has 3 amide bonds. The molecule has 1 aromatic rings. The van der Waals surface area contributed by atoms with Crippen molar-refractivity contribution in [1.82, 2.24) is 16.3 Å². The van der Waals surface area contributed by atoms with E-state index >= 15 is 0 Å². The number of carbonyl (C=O) groups excluding carboxylic acids is 3. The first kappa shape index (κ1) is 27.8. The molecule has 190 valence electrons. The molecule has 1 aliphatic rings. The summed E-state index contributed by atoms with van der Waals surface area (Å²) in [4.78, 5) is 43.5. The van der Waals surface area contributed by atoms with Gasteiger partial charge in [0.15, 0.2) is 0 Å². The van der Waals surface area contributed by atoms with Crippen molar-refractivity contribution in [2.24, 2.45) is 17.3 Å². The average Bonchev–Trinajstić information content (AvgIpc) is 2.80. The van der Waals surface area contributed by atoms with E-state index in [0.29, 0.717) is 12.8 Å². The number of carbonyl (C=O) groups is 3. The molecular formula is C25H39N3O6. The zero-order chi connectivity index (χ0) is 25.3. The fraction of sp³-hybridized carbons (Fsp3) is 0.640. The van der Waals surface area contributed by atoms with Gasteiger partial charge in [0.1, 0.15) is 12.1 Å². The summed E-state index contributed by atoms with van der Waals surface area (Å²) >= 11 is 0. The first-order chi connectivity index (χ1) is 16.1. The molecule has 4 N–H and O–H groups in total. The van der Waals surface area contributed by atoms with Crippen LogP contribution in [0.5, 0.6) is 0 Å². The van der Waals surface area contributed by atoms with Crippen molar-refractivity contribution < 1.29 is 29.2 Å². The number of nitrogens with one attached hydrogen (secondary N) is 3. The van der Waals surface area contributed by atoms with Gasteiger partial charge in [-0.1, -0.05) is 52.0 Å². The van der Waals surface area contributed by atoms with Gasteiger partial charge in [-0.15, -0.1) is 0 Å². The molecule has 34 heavy (non-hydrogen) atoms. The second-order valence-corrected chi connectivity index (χ2v) is 9.97. The van der Waals surface area contributed by atoms with Gasteiger partial charge in [0.25, 0.3) is 11.8 Å². The Morgan fingerprint density at radius 3 is 2.38 bits per heavy atom. The van der Waals surface area contributed by atoms with Crippen LogP contribution in [0, 0.1) is 17.3 Å². The molecule has 0 spiro atoms. The summed E-state index contributed by atoms with van der Waals surface area (Å²) in [5, 5.41) is 12.2. The van der Waals surface area contributed by atoms with Gasteiger partial charge >= 0.3 is 0 Å². The molecule has 0 aliphatic heterocycles. The fourth-order valence-electron chi connectivity index (χ4n) is 4.47. The zero-order valence-electron chi connectivity index (χ0n) is 20.8. The third-order valence-corrected chi connectivity index (χ3v) is 6.23. The highest BCUT2D eigenvalue weighted by molar-refractivity contribution is 5.92. The zero-order valence-corrected chi connectivity index (χ0v) is 20.8. The predicted molar refractivity (Wildman–Crippen MR) is 127 cm³/mol. The smallest absolute Gasteiger partial charge is 0.273 e. The van der Waals surface area contributed by atoms with Crippen LogP contribution in [0.4, 0.5) is 0 Å². The highest BCUT2D eigenvalue weighted by Crippen LogP contribution is 2.32. The van der Waals surface area contributed by atoms with Crippen LogP contribution in [0.15, 0.2) is 24.3 Å². The van der Waals surface area contributed by atoms with Crippen molar-refractivity contribution in [3.8, 4) is 0 Å². The second kappa shape index (κ2) is 12.8. The van der Waals surface area contributed by atoms with Crippen molar-refractivity contribution in [3.05, 3.63) is 35.4 Å². The van der Waals surface area contributed by atoms with Crippen LogP contribution >= 0.6 is 0 Å². The Labute approximate surface area is 201 Å². The van der Waals surface area contributed by atoms with Crippen molar-refractivity contribution in [3.63, 3.8) is 0 Å². The summed E-state index contributed by atoms with van der Waals surface area (Å²) in [5.41, 5.74) is 5.85. The van der Waals surface area contributed by atoms with E-state index in [4.69, 9.17) is 9.57 Å². The highest BCUT2D eigenvalue weighted by Gasteiger charge is 2.40. The van der Waals surface area contributed by atoms with Crippen LogP contribution in [0.1, 0.15) is 58.1 Å². The molecule has 0 fully saturated rings. The minimum atomic E-state index is -1.19. The molecule has 4 unspecified atom stereocenters. The van der Waals surface area contributed by atoms with Crippen molar-refractivity contribution in [2.45, 2.75) is 71.9 Å². The number of aryl methyl sites for hydroxylation is 1. The van der Waals surface area contributed by atoms with E-state index in [2.05, 4.69) is 22.9 Å². The van der Waals surface area contributed by atoms with Gasteiger partial charge in [-0.3, -0.25) is 24.4 Å². The van der Waals surface area contributed by atoms with Gasteiger partial charge in [-0.2, -0.15) is 0 Å². The molecule has 2 rings (SSSR count). The van der Waals surface area contributed by atoms with Crippen molar-refractivity contribution in [2.75, 3.05) is 13.7 Å². The monoisotopic (exact) mass is 477 g/mol. The molecule has 0 saturated heterocycles. The molecule has 1 aromatic carbocycles. The number of rotatable bonds is 11. The summed E-state index contributed by atoms with van der Waals surface area (Å²) in [6, 6.07) is 7.32. The van der Waals surface area contributed by atoms with Crippen LogP contribution in [0.2, 0.25) is 0 Å². The van der Waals surface area contributed by atoms with Gasteiger partial charge in [0.05, 0.1) is 13.0 Å². The number of hydroxylamine groups is 2. The summed E-state index contributed by atoms with van der Waals surface area (Å²) in [6.07, 6.45) is 2.38. The quantitative estimate of drug-likeness (QED) is 0.286. The Bertz CT molecular complexity index is 838. The molecule has 0 saturated carbocycles. The minimum absolute atomic E-state index is 0.144. The number of hydrogen-bond donors (Lipinski definition) is 4. The number of ether oxygens (including phenoxy) is 1. The Morgan fingerprint density at radius 1 is 1.12 bits per heavy atom. The maximum atomic E-state index is 13.6. The van der Waals surface area contributed by atoms with Gasteiger partial charge in [0, 0.05) is 6.61 Å². The maximum Gasteiger partial charge on any atom is 0.273 e. The highest BCUT2D eigenvalue weighted by atomic mass is 16.6. The van der Waals surface area contributed by atoms with Gasteiger partial charge in [0.2, 0.25) is 5.91 Å². The predicted octanol–water partition coefficient (Wildman–Crippen LogP) is 2.31. The summed E-state index contributed by atoms with van der Waals surface area (Å²) in [7, 11) is 1.32. The molecule has 0 radical (unpaired) electrons. The van der Waals surface area contributed by atoms with E-state index in [1.807, 2.05) is 39.8 Å². The Balaban J connectivity index is 2.32. The molecule has 9 nitrogen and oxygen atoms in total. The summed E-state index contributed by atoms with van der Waals surface area (Å²) in [6.45, 7) is 7.62. The van der Waals surface area contributed by atoms with E-state index in [1.54, 1.807) is 5.48 Å². The van der Waals surface area contributed by atoms with Gasteiger partial charge in [-0.05, 0) is 54.6 Å². The largest absolute Gasteiger partial charge is 0.367 e. The van der Waals surface area contributed by atoms with Crippen molar-refractivity contribution in [1.29, 1.82) is 0 Å². The lowest BCUT2D eigenvalue weighted by molar-refractivity contribution is -0.153. The number of hydrogen-bond acceptors (Lipinski definition) is 6. The van der Waals surface area contributed by atoms with Gasteiger partial charge < -0.3 is 10.1 Å². The van der Waals surface area contributed by atoms with Crippen LogP contribution < -0.4 is 16.3 Å². The van der Waals surface area contributed by atoms with Crippen LogP contribution in [-0.2, 0) is 36.8 Å². The first-order valence-corrected chi connectivity index (χ1v) is 11.9. The first-order valence-electron chi connectivity index (χ1n) is 11.9. The number of benzene rings is 1. The fourth-order valence-corrected chi connectivity index (χ4v) is 4.47. The minimum Gasteiger partial charge on any atom is -0.367 e. The summed E-state index contributed by atoms with van der Waals surface area (Å²) < 4.78 is 5.76. The molecule has 1 aliphatic carbocycles. The number of fused-ring (bicyclic) bond motifs is 1. The molecule has 9 heteroatoms. The van der Waals surface area contributed by atoms with Crippen molar-refractivity contribution >= 4 is 17.7 Å². The molecular weight excluding hydrogens is 438 g/mol. The van der Waals surface area contributed by atoms with E-state index in [9.17, 15) is 19.6 Å². The SMILES string of the molecule is CCCOC(C(=O)NO)C(CC1CCc2ccccc2C1)C(=O)NC(C(=O)NOC)C(C)(C)C. The lowest BCUT2D eigenvalue weighted by atomic mass is 9.77. The molecule has 4 atom stereocenters. The number of amides is 3. The molecule has 0 heterocycles. The second-order valence-electron chi connectivity index (χ2n) is 9.97. The van der Waals surface area contributed by atoms with E-state index in [-0.39, 0.29) is 12.5 Å². The Hall–Kier alpha value is -2.49. The van der Waals surface area contributed by atoms with E-state index in [1.165, 1.54) is 18.2 Å². The van der Waals surface area contributed by atoms with Crippen LogP contribution in [0.25, 0.3) is 0 Å². The Kier molecular flexibility index (Phi) is 10.5. The third-order valence-electron chi connectivity index (χ3n) is 6.23. The standard InChI is InChI=1S/C25H39N3O6/c1-6-13-34-20(23(30)27-32)19(15-16-11-12-17-9-7-8-10-18(17)14-16)22(29)26-21(25(2,3)4)24(31)28-33-5/h7-10,16,19-21,32H,6,11-15H2,1-5H3,(H,26,29)(H,27,30)(H,28,31). The lowest BCUT2D eigenvalue weighted by Gasteiger charge is -2.34. The lowest BCUT2D eigenvalue weighted by Crippen LogP contribution is -2.57. The van der Waals surface area contributed by atoms with Gasteiger partial charge in [-0.25, -0.2) is 11.0 Å². The Morgan fingerprint density at radius 2 is 1.79 bits per heavy atom. The molecule has 0 aromatic heterocycles. The van der Waals surface area contributed by atoms with Crippen LogP contribution in [-0.4, -0.2) is 48.8 Å². The van der Waals surface area contributed by atoms with Crippen LogP contribution in [0.3, 0.4) is 0 Å². The third kappa shape index (κ3) is 7.51. The van der Waals surface area contributed by atoms with E-state index < -0.39 is 41.2 Å². The normalized spacial score (nSPS) is 18.2. The average molecular weight is 478 g/mol. The molecule has 0 bridgehead atoms. The summed E-state index contributed by atoms with van der Waals surface area (Å²) in [5.74, 6) is -2.50. The topological polar surface area (TPSA) is 126 Å². The maximum absolute atomic E-state index is 13.6. The van der Waals surface area contributed by atoms with E-state index in [0.717, 1.165) is 19.3 Å².